The fourth-order valence-electron chi connectivity index (χ4n) is 2.89. The second-order valence-corrected chi connectivity index (χ2v) is 6.48. The molecule has 1 N–H and O–H groups in total. The van der Waals surface area contributed by atoms with Gasteiger partial charge in [-0.1, -0.05) is 57.9 Å². The van der Waals surface area contributed by atoms with Gasteiger partial charge in [0.05, 0.1) is 0 Å². The lowest BCUT2D eigenvalue weighted by atomic mass is 9.71. The summed E-state index contributed by atoms with van der Waals surface area (Å²) in [6.07, 6.45) is 1.11. The minimum Gasteiger partial charge on any atom is -0.315 e. The Labute approximate surface area is 123 Å². The molecule has 0 unspecified atom stereocenters. The van der Waals surface area contributed by atoms with Gasteiger partial charge in [-0.15, -0.1) is 0 Å². The van der Waals surface area contributed by atoms with Crippen LogP contribution in [0.15, 0.2) is 53.0 Å². The Bertz CT molecular complexity index is 587. The Morgan fingerprint density at radius 3 is 2.53 bits per heavy atom. The van der Waals surface area contributed by atoms with E-state index in [2.05, 4.69) is 76.7 Å². The van der Waals surface area contributed by atoms with Gasteiger partial charge < -0.3 is 5.32 Å². The predicted octanol–water partition coefficient (Wildman–Crippen LogP) is 3.84. The van der Waals surface area contributed by atoms with Crippen LogP contribution in [-0.2, 0) is 11.8 Å². The molecule has 0 aromatic heterocycles. The maximum absolute atomic E-state index is 3.58. The summed E-state index contributed by atoms with van der Waals surface area (Å²) in [5.74, 6) is 0. The summed E-state index contributed by atoms with van der Waals surface area (Å²) in [7, 11) is 0. The van der Waals surface area contributed by atoms with E-state index < -0.39 is 0 Å². The highest BCUT2D eigenvalue weighted by Gasteiger charge is 2.38. The number of hydrogen-bond acceptors (Lipinski definition) is 1. The SMILES string of the molecule is Cc1cccc(CC2(c3cccc(Br)c3)CNC2)c1. The van der Waals surface area contributed by atoms with Crippen LogP contribution in [-0.4, -0.2) is 13.1 Å². The first kappa shape index (κ1) is 12.9. The van der Waals surface area contributed by atoms with E-state index in [1.807, 2.05) is 0 Å². The van der Waals surface area contributed by atoms with Gasteiger partial charge in [0, 0.05) is 23.0 Å². The molecule has 0 bridgehead atoms. The minimum absolute atomic E-state index is 0.261. The van der Waals surface area contributed by atoms with Crippen LogP contribution < -0.4 is 5.32 Å². The van der Waals surface area contributed by atoms with Crippen molar-refractivity contribution in [2.24, 2.45) is 0 Å². The summed E-state index contributed by atoms with van der Waals surface area (Å²) in [5, 5.41) is 3.44. The maximum atomic E-state index is 3.58. The molecule has 0 radical (unpaired) electrons. The normalized spacial score (nSPS) is 16.9. The van der Waals surface area contributed by atoms with Crippen LogP contribution in [0.3, 0.4) is 0 Å². The molecule has 19 heavy (non-hydrogen) atoms. The summed E-state index contributed by atoms with van der Waals surface area (Å²) in [6, 6.07) is 17.6. The third-order valence-electron chi connectivity index (χ3n) is 3.99. The third-order valence-corrected chi connectivity index (χ3v) is 4.48. The van der Waals surface area contributed by atoms with Crippen LogP contribution in [0, 0.1) is 6.92 Å². The maximum Gasteiger partial charge on any atom is 0.0243 e. The number of aryl methyl sites for hydroxylation is 1. The number of hydrogen-bond donors (Lipinski definition) is 1. The van der Waals surface area contributed by atoms with Gasteiger partial charge in [-0.3, -0.25) is 0 Å². The Morgan fingerprint density at radius 2 is 1.89 bits per heavy atom. The highest BCUT2D eigenvalue weighted by molar-refractivity contribution is 9.10. The Balaban J connectivity index is 1.91. The molecule has 2 heteroatoms. The van der Waals surface area contributed by atoms with Crippen molar-refractivity contribution < 1.29 is 0 Å². The minimum atomic E-state index is 0.261. The first-order valence-electron chi connectivity index (χ1n) is 6.70. The van der Waals surface area contributed by atoms with E-state index in [0.29, 0.717) is 0 Å². The largest absolute Gasteiger partial charge is 0.315 e. The van der Waals surface area contributed by atoms with Crippen molar-refractivity contribution in [1.82, 2.24) is 5.32 Å². The molecule has 1 heterocycles. The zero-order valence-corrected chi connectivity index (χ0v) is 12.7. The number of rotatable bonds is 3. The van der Waals surface area contributed by atoms with E-state index in [9.17, 15) is 0 Å². The van der Waals surface area contributed by atoms with Gasteiger partial charge in [0.25, 0.3) is 0 Å². The van der Waals surface area contributed by atoms with Crippen molar-refractivity contribution in [1.29, 1.82) is 0 Å². The van der Waals surface area contributed by atoms with Gasteiger partial charge in [0.15, 0.2) is 0 Å². The van der Waals surface area contributed by atoms with Crippen molar-refractivity contribution in [2.45, 2.75) is 18.8 Å². The van der Waals surface area contributed by atoms with Gasteiger partial charge in [0.1, 0.15) is 0 Å². The van der Waals surface area contributed by atoms with Crippen molar-refractivity contribution in [2.75, 3.05) is 13.1 Å². The lowest BCUT2D eigenvalue weighted by Crippen LogP contribution is -2.58. The van der Waals surface area contributed by atoms with E-state index in [-0.39, 0.29) is 5.41 Å². The fourth-order valence-corrected chi connectivity index (χ4v) is 3.29. The van der Waals surface area contributed by atoms with Gasteiger partial charge in [-0.25, -0.2) is 0 Å². The van der Waals surface area contributed by atoms with E-state index in [0.717, 1.165) is 19.5 Å². The number of nitrogens with one attached hydrogen (secondary N) is 1. The molecule has 0 aliphatic carbocycles. The first-order valence-corrected chi connectivity index (χ1v) is 7.50. The molecule has 1 nitrogen and oxygen atoms in total. The van der Waals surface area contributed by atoms with Crippen molar-refractivity contribution >= 4 is 15.9 Å². The Hall–Kier alpha value is -1.12. The van der Waals surface area contributed by atoms with Gasteiger partial charge >= 0.3 is 0 Å². The molecule has 98 valence electrons. The molecular weight excluding hydrogens is 298 g/mol. The average molecular weight is 316 g/mol. The van der Waals surface area contributed by atoms with Crippen LogP contribution in [0.2, 0.25) is 0 Å². The van der Waals surface area contributed by atoms with Crippen molar-refractivity contribution in [3.05, 3.63) is 69.7 Å². The lowest BCUT2D eigenvalue weighted by molar-refractivity contribution is 0.274. The first-order chi connectivity index (χ1) is 9.18. The third kappa shape index (κ3) is 2.60. The molecule has 0 atom stereocenters. The zero-order valence-electron chi connectivity index (χ0n) is 11.1. The van der Waals surface area contributed by atoms with Crippen molar-refractivity contribution in [3.8, 4) is 0 Å². The number of benzene rings is 2. The molecule has 3 rings (SSSR count). The summed E-state index contributed by atoms with van der Waals surface area (Å²) in [6.45, 7) is 4.29. The van der Waals surface area contributed by atoms with E-state index in [1.54, 1.807) is 0 Å². The van der Waals surface area contributed by atoms with E-state index >= 15 is 0 Å². The molecule has 1 saturated heterocycles. The molecule has 0 amide bonds. The van der Waals surface area contributed by atoms with E-state index in [1.165, 1.54) is 21.2 Å². The molecule has 2 aromatic carbocycles. The smallest absolute Gasteiger partial charge is 0.0243 e. The summed E-state index contributed by atoms with van der Waals surface area (Å²) >= 11 is 3.58. The van der Waals surface area contributed by atoms with Crippen LogP contribution in [0.5, 0.6) is 0 Å². The van der Waals surface area contributed by atoms with Crippen LogP contribution in [0.4, 0.5) is 0 Å². The molecule has 1 aliphatic rings. The van der Waals surface area contributed by atoms with Crippen LogP contribution in [0.25, 0.3) is 0 Å². The van der Waals surface area contributed by atoms with Crippen LogP contribution in [0.1, 0.15) is 16.7 Å². The van der Waals surface area contributed by atoms with Gasteiger partial charge in [0.2, 0.25) is 0 Å². The molecule has 1 aliphatic heterocycles. The summed E-state index contributed by atoms with van der Waals surface area (Å²) in [4.78, 5) is 0. The quantitative estimate of drug-likeness (QED) is 0.907. The highest BCUT2D eigenvalue weighted by Crippen LogP contribution is 2.34. The molecule has 2 aromatic rings. The zero-order chi connectivity index (χ0) is 13.3. The molecule has 0 spiro atoms. The highest BCUT2D eigenvalue weighted by atomic mass is 79.9. The predicted molar refractivity (Wildman–Crippen MR) is 83.6 cm³/mol. The van der Waals surface area contributed by atoms with Gasteiger partial charge in [-0.2, -0.15) is 0 Å². The molecule has 1 fully saturated rings. The fraction of sp³-hybridized carbons (Fsp3) is 0.294. The monoisotopic (exact) mass is 315 g/mol. The molecular formula is C17H18BrN. The Morgan fingerprint density at radius 1 is 1.11 bits per heavy atom. The topological polar surface area (TPSA) is 12.0 Å². The summed E-state index contributed by atoms with van der Waals surface area (Å²) < 4.78 is 1.17. The number of halogens is 1. The van der Waals surface area contributed by atoms with E-state index in [4.69, 9.17) is 0 Å². The summed E-state index contributed by atoms with van der Waals surface area (Å²) in [5.41, 5.74) is 4.47. The standard InChI is InChI=1S/C17H18BrN/c1-13-4-2-5-14(8-13)10-17(11-19-12-17)15-6-3-7-16(18)9-15/h2-9,19H,10-12H2,1H3. The van der Waals surface area contributed by atoms with Crippen LogP contribution >= 0.6 is 15.9 Å². The van der Waals surface area contributed by atoms with Crippen molar-refractivity contribution in [3.63, 3.8) is 0 Å². The second-order valence-electron chi connectivity index (χ2n) is 5.56. The Kier molecular flexibility index (Phi) is 3.46. The second kappa shape index (κ2) is 5.10. The van der Waals surface area contributed by atoms with Gasteiger partial charge in [-0.05, 0) is 36.6 Å². The molecule has 0 saturated carbocycles. The average Bonchev–Trinajstić information content (AvgIpc) is 2.34. The lowest BCUT2D eigenvalue weighted by Gasteiger charge is -2.43.